The van der Waals surface area contributed by atoms with Crippen molar-refractivity contribution in [3.8, 4) is 0 Å². The summed E-state index contributed by atoms with van der Waals surface area (Å²) in [7, 11) is 1.58. The quantitative estimate of drug-likeness (QED) is 0.376. The van der Waals surface area contributed by atoms with E-state index >= 15 is 0 Å². The number of rotatable bonds is 7. The van der Waals surface area contributed by atoms with Gasteiger partial charge in [0.2, 0.25) is 5.82 Å². The predicted molar refractivity (Wildman–Crippen MR) is 139 cm³/mol. The van der Waals surface area contributed by atoms with Gasteiger partial charge in [-0.3, -0.25) is 9.79 Å². The highest BCUT2D eigenvalue weighted by molar-refractivity contribution is 5.96. The lowest BCUT2D eigenvalue weighted by molar-refractivity contribution is 0.0929. The van der Waals surface area contributed by atoms with E-state index in [0.717, 1.165) is 25.7 Å². The molecule has 190 valence electrons. The second-order valence-corrected chi connectivity index (χ2v) is 9.46. The first-order chi connectivity index (χ1) is 15.2. The molecule has 0 aliphatic heterocycles. The topological polar surface area (TPSA) is 115 Å². The molecule has 2 atom stereocenters. The first-order valence-corrected chi connectivity index (χ1v) is 11.0. The molecule has 0 radical (unpaired) electrons. The minimum atomic E-state index is -0.392. The van der Waals surface area contributed by atoms with Crippen molar-refractivity contribution >= 4 is 53.3 Å². The number of nitrogens with two attached hydrogens (primary N) is 1. The zero-order valence-electron chi connectivity index (χ0n) is 20.1. The minimum Gasteiger partial charge on any atom is -0.386 e. The summed E-state index contributed by atoms with van der Waals surface area (Å²) in [6.45, 7) is 6.84. The Morgan fingerprint density at radius 1 is 1.24 bits per heavy atom. The van der Waals surface area contributed by atoms with Crippen LogP contribution in [-0.4, -0.2) is 54.1 Å². The summed E-state index contributed by atoms with van der Waals surface area (Å²) in [5.74, 6) is 0.152. The van der Waals surface area contributed by atoms with E-state index in [9.17, 15) is 9.18 Å². The van der Waals surface area contributed by atoms with Gasteiger partial charge in [-0.15, -0.1) is 24.8 Å². The van der Waals surface area contributed by atoms with Crippen LogP contribution >= 0.6 is 24.8 Å². The second kappa shape index (κ2) is 13.0. The monoisotopic (exact) mass is 516 g/mol. The van der Waals surface area contributed by atoms with Gasteiger partial charge in [-0.25, -0.2) is 14.4 Å². The van der Waals surface area contributed by atoms with Gasteiger partial charge in [0.05, 0.1) is 11.6 Å². The second-order valence-electron chi connectivity index (χ2n) is 9.46. The Balaban J connectivity index is 0.00000289. The molecule has 11 heteroatoms. The Morgan fingerprint density at radius 3 is 2.62 bits per heavy atom. The third-order valence-electron chi connectivity index (χ3n) is 5.32. The fourth-order valence-corrected chi connectivity index (χ4v) is 3.74. The number of aliphatic imine (C=N–C) groups is 1. The zero-order chi connectivity index (χ0) is 23.3. The van der Waals surface area contributed by atoms with E-state index in [1.807, 2.05) is 20.8 Å². The Morgan fingerprint density at radius 2 is 1.94 bits per heavy atom. The molecule has 1 saturated carbocycles. The van der Waals surface area contributed by atoms with Crippen LogP contribution < -0.4 is 16.4 Å². The average Bonchev–Trinajstić information content (AvgIpc) is 2.73. The fraction of sp³-hybridized carbons (Fsp3) is 0.565. The van der Waals surface area contributed by atoms with Crippen LogP contribution in [0.2, 0.25) is 0 Å². The molecule has 1 fully saturated rings. The molecule has 0 unspecified atom stereocenters. The number of aromatic nitrogens is 2. The summed E-state index contributed by atoms with van der Waals surface area (Å²) in [5, 5.41) is 6.82. The van der Waals surface area contributed by atoms with Crippen LogP contribution in [0.25, 0.3) is 10.9 Å². The largest absolute Gasteiger partial charge is 0.386 e. The average molecular weight is 517 g/mol. The number of carbonyl (C=O) groups excluding carboxylic acids is 1. The van der Waals surface area contributed by atoms with Gasteiger partial charge < -0.3 is 21.1 Å². The Kier molecular flexibility index (Phi) is 11.4. The third-order valence-corrected chi connectivity index (χ3v) is 5.32. The van der Waals surface area contributed by atoms with Crippen molar-refractivity contribution in [1.82, 2.24) is 15.3 Å². The maximum Gasteiger partial charge on any atom is 0.289 e. The predicted octanol–water partition coefficient (Wildman–Crippen LogP) is 4.12. The molecule has 34 heavy (non-hydrogen) atoms. The lowest BCUT2D eigenvalue weighted by Crippen LogP contribution is -2.38. The van der Waals surface area contributed by atoms with Gasteiger partial charge in [-0.2, -0.15) is 0 Å². The number of anilines is 1. The molecule has 1 aromatic heterocycles. The van der Waals surface area contributed by atoms with Gasteiger partial charge in [-0.05, 0) is 36.5 Å². The maximum absolute atomic E-state index is 14.0. The first-order valence-electron chi connectivity index (χ1n) is 11.0. The molecule has 1 aliphatic carbocycles. The molecule has 1 heterocycles. The molecule has 1 amide bonds. The summed E-state index contributed by atoms with van der Waals surface area (Å²) >= 11 is 0. The number of ether oxygens (including phenoxy) is 1. The fourth-order valence-electron chi connectivity index (χ4n) is 3.74. The highest BCUT2D eigenvalue weighted by Gasteiger charge is 2.27. The third kappa shape index (κ3) is 8.21. The van der Waals surface area contributed by atoms with Crippen molar-refractivity contribution in [2.24, 2.45) is 16.1 Å². The summed E-state index contributed by atoms with van der Waals surface area (Å²) < 4.78 is 19.1. The number of amidine groups is 1. The van der Waals surface area contributed by atoms with Gasteiger partial charge in [-0.1, -0.05) is 33.6 Å². The minimum absolute atomic E-state index is 0. The maximum atomic E-state index is 14.0. The van der Waals surface area contributed by atoms with Crippen molar-refractivity contribution in [3.63, 3.8) is 0 Å². The number of halogens is 3. The Hall–Kier alpha value is -2.23. The molecule has 2 aromatic rings. The van der Waals surface area contributed by atoms with E-state index in [1.54, 1.807) is 13.2 Å². The zero-order valence-corrected chi connectivity index (χ0v) is 21.7. The van der Waals surface area contributed by atoms with Crippen LogP contribution in [0.4, 0.5) is 10.2 Å². The number of fused-ring (bicyclic) bond motifs is 1. The van der Waals surface area contributed by atoms with Crippen LogP contribution in [0.5, 0.6) is 0 Å². The normalized spacial score (nSPS) is 18.6. The van der Waals surface area contributed by atoms with Gasteiger partial charge in [0.25, 0.3) is 5.91 Å². The van der Waals surface area contributed by atoms with E-state index in [2.05, 4.69) is 25.6 Å². The van der Waals surface area contributed by atoms with Crippen LogP contribution in [0, 0.1) is 11.2 Å². The molecular weight excluding hydrogens is 482 g/mol. The molecule has 0 saturated heterocycles. The molecule has 0 spiro atoms. The van der Waals surface area contributed by atoms with Crippen molar-refractivity contribution in [2.45, 2.75) is 58.5 Å². The van der Waals surface area contributed by atoms with E-state index in [0.29, 0.717) is 29.1 Å². The van der Waals surface area contributed by atoms with Gasteiger partial charge >= 0.3 is 0 Å². The summed E-state index contributed by atoms with van der Waals surface area (Å²) in [6.07, 6.45) is 3.82. The van der Waals surface area contributed by atoms with E-state index < -0.39 is 5.82 Å². The summed E-state index contributed by atoms with van der Waals surface area (Å²) in [4.78, 5) is 26.2. The molecule has 4 N–H and O–H groups in total. The molecular formula is C23H35Cl2FN6O2. The van der Waals surface area contributed by atoms with Crippen molar-refractivity contribution < 1.29 is 13.9 Å². The standard InChI is InChI=1S/C23H33FN6O2.2ClH/c1-23(2,3)13-26-22(31)21-28-16-10-9-14(24)11-15(16)20(30-21)29-18-8-6-5-7-17(18)27-19(25)12-32-4;;/h9-11,17-18H,5-8,12-13H2,1-4H3,(H2,25,27)(H,26,31)(H,28,29,30);2*1H/t17-,18+;;/m1../s1. The molecule has 0 bridgehead atoms. The van der Waals surface area contributed by atoms with E-state index in [1.165, 1.54) is 12.1 Å². The SMILES string of the molecule is COCC(N)=N[C@@H]1CCCC[C@@H]1Nc1nc(C(=O)NCC(C)(C)C)nc2ccc(F)cc12.Cl.Cl. The lowest BCUT2D eigenvalue weighted by atomic mass is 9.90. The summed E-state index contributed by atoms with van der Waals surface area (Å²) in [5.41, 5.74) is 6.40. The van der Waals surface area contributed by atoms with E-state index in [4.69, 9.17) is 10.5 Å². The van der Waals surface area contributed by atoms with Crippen molar-refractivity contribution in [2.75, 3.05) is 25.6 Å². The first kappa shape index (κ1) is 29.8. The lowest BCUT2D eigenvalue weighted by Gasteiger charge is -2.30. The van der Waals surface area contributed by atoms with Crippen molar-refractivity contribution in [3.05, 3.63) is 29.8 Å². The van der Waals surface area contributed by atoms with Crippen molar-refractivity contribution in [1.29, 1.82) is 0 Å². The number of amides is 1. The number of hydrogen-bond acceptors (Lipinski definition) is 6. The Bertz CT molecular complexity index is 999. The number of nitrogens with zero attached hydrogens (tertiary/aromatic N) is 3. The Labute approximate surface area is 212 Å². The molecule has 1 aromatic carbocycles. The van der Waals surface area contributed by atoms with Gasteiger partial charge in [0.1, 0.15) is 24.1 Å². The van der Waals surface area contributed by atoms with E-state index in [-0.39, 0.29) is 60.7 Å². The highest BCUT2D eigenvalue weighted by Crippen LogP contribution is 2.28. The van der Waals surface area contributed by atoms with Crippen LogP contribution in [0.1, 0.15) is 57.1 Å². The molecule has 1 aliphatic rings. The number of hydrogen-bond donors (Lipinski definition) is 3. The number of nitrogens with one attached hydrogen (secondary N) is 2. The van der Waals surface area contributed by atoms with Crippen LogP contribution in [0.3, 0.4) is 0 Å². The van der Waals surface area contributed by atoms with Crippen LogP contribution in [0.15, 0.2) is 23.2 Å². The summed E-state index contributed by atoms with van der Waals surface area (Å²) in [6, 6.07) is 4.16. The van der Waals surface area contributed by atoms with Gasteiger partial charge in [0.15, 0.2) is 0 Å². The highest BCUT2D eigenvalue weighted by atomic mass is 35.5. The van der Waals surface area contributed by atoms with Gasteiger partial charge in [0, 0.05) is 25.1 Å². The van der Waals surface area contributed by atoms with Crippen LogP contribution in [-0.2, 0) is 4.74 Å². The molecule has 8 nitrogen and oxygen atoms in total. The smallest absolute Gasteiger partial charge is 0.289 e. The number of carbonyl (C=O) groups is 1. The number of benzene rings is 1. The number of methoxy groups -OCH3 is 1. The molecule has 3 rings (SSSR count).